The SMILES string of the molecule is CCCCCCOC1(C)Nc2ccccc2C=C1C(=O)O. The number of nitrogens with one attached hydrogen (secondary N) is 1. The lowest BCUT2D eigenvalue weighted by molar-refractivity contribution is -0.135. The number of anilines is 1. The zero-order valence-corrected chi connectivity index (χ0v) is 12.7. The molecule has 0 saturated carbocycles. The lowest BCUT2D eigenvalue weighted by Gasteiger charge is -2.36. The van der Waals surface area contributed by atoms with Crippen LogP contribution >= 0.6 is 0 Å². The molecule has 0 bridgehead atoms. The van der Waals surface area contributed by atoms with Crippen LogP contribution in [0.5, 0.6) is 0 Å². The number of unbranched alkanes of at least 4 members (excludes halogenated alkanes) is 3. The van der Waals surface area contributed by atoms with E-state index in [2.05, 4.69) is 12.2 Å². The Labute approximate surface area is 125 Å². The van der Waals surface area contributed by atoms with Crippen LogP contribution in [0.25, 0.3) is 6.08 Å². The van der Waals surface area contributed by atoms with Crippen LogP contribution in [0.1, 0.15) is 45.1 Å². The number of rotatable bonds is 7. The van der Waals surface area contributed by atoms with Gasteiger partial charge in [-0.3, -0.25) is 0 Å². The monoisotopic (exact) mass is 289 g/mol. The number of aliphatic carboxylic acids is 1. The van der Waals surface area contributed by atoms with Crippen LogP contribution in [0.2, 0.25) is 0 Å². The molecule has 0 saturated heterocycles. The summed E-state index contributed by atoms with van der Waals surface area (Å²) < 4.78 is 5.89. The van der Waals surface area contributed by atoms with Gasteiger partial charge in [0.05, 0.1) is 5.57 Å². The quantitative estimate of drug-likeness (QED) is 0.748. The maximum absolute atomic E-state index is 11.5. The first-order valence-electron chi connectivity index (χ1n) is 7.53. The Morgan fingerprint density at radius 1 is 1.29 bits per heavy atom. The molecule has 1 aliphatic heterocycles. The van der Waals surface area contributed by atoms with Crippen molar-refractivity contribution in [1.29, 1.82) is 0 Å². The van der Waals surface area contributed by atoms with E-state index in [1.165, 1.54) is 12.8 Å². The van der Waals surface area contributed by atoms with Crippen molar-refractivity contribution in [2.45, 2.75) is 45.3 Å². The lowest BCUT2D eigenvalue weighted by Crippen LogP contribution is -2.44. The van der Waals surface area contributed by atoms with Crippen LogP contribution < -0.4 is 5.32 Å². The Bertz CT molecular complexity index is 539. The van der Waals surface area contributed by atoms with Crippen LogP contribution in [0.15, 0.2) is 29.8 Å². The number of benzene rings is 1. The molecule has 1 heterocycles. The van der Waals surface area contributed by atoms with E-state index in [1.807, 2.05) is 24.3 Å². The standard InChI is InChI=1S/C17H23NO3/c1-3-4-5-8-11-21-17(2)14(16(19)20)12-13-9-6-7-10-15(13)18-17/h6-7,9-10,12,18H,3-5,8,11H2,1-2H3,(H,19,20). The van der Waals surface area contributed by atoms with Crippen molar-refractivity contribution in [3.8, 4) is 0 Å². The van der Waals surface area contributed by atoms with Crippen molar-refractivity contribution >= 4 is 17.7 Å². The second kappa shape index (κ2) is 6.76. The molecule has 1 aliphatic rings. The normalized spacial score (nSPS) is 20.4. The molecule has 114 valence electrons. The van der Waals surface area contributed by atoms with Gasteiger partial charge in [0.2, 0.25) is 0 Å². The van der Waals surface area contributed by atoms with Gasteiger partial charge in [-0.1, -0.05) is 44.4 Å². The highest BCUT2D eigenvalue weighted by Crippen LogP contribution is 2.34. The lowest BCUT2D eigenvalue weighted by atomic mass is 9.95. The van der Waals surface area contributed by atoms with Crippen LogP contribution in [0.3, 0.4) is 0 Å². The zero-order chi connectivity index (χ0) is 15.3. The average molecular weight is 289 g/mol. The second-order valence-corrected chi connectivity index (χ2v) is 5.52. The zero-order valence-electron chi connectivity index (χ0n) is 12.7. The van der Waals surface area contributed by atoms with E-state index in [-0.39, 0.29) is 5.57 Å². The Morgan fingerprint density at radius 3 is 2.76 bits per heavy atom. The third kappa shape index (κ3) is 3.64. The van der Waals surface area contributed by atoms with Gasteiger partial charge in [-0.2, -0.15) is 0 Å². The fraction of sp³-hybridized carbons (Fsp3) is 0.471. The fourth-order valence-electron chi connectivity index (χ4n) is 2.54. The van der Waals surface area contributed by atoms with Gasteiger partial charge in [-0.05, 0) is 31.1 Å². The minimum atomic E-state index is -0.980. The van der Waals surface area contributed by atoms with Crippen LogP contribution in [0, 0.1) is 0 Å². The summed E-state index contributed by atoms with van der Waals surface area (Å²) in [5.74, 6) is -0.951. The van der Waals surface area contributed by atoms with Crippen LogP contribution in [-0.2, 0) is 9.53 Å². The first-order chi connectivity index (χ1) is 10.1. The summed E-state index contributed by atoms with van der Waals surface area (Å²) >= 11 is 0. The smallest absolute Gasteiger partial charge is 0.336 e. The summed E-state index contributed by atoms with van der Waals surface area (Å²) in [6.45, 7) is 4.49. The molecule has 21 heavy (non-hydrogen) atoms. The van der Waals surface area contributed by atoms with Gasteiger partial charge < -0.3 is 15.2 Å². The molecular weight excluding hydrogens is 266 g/mol. The Balaban J connectivity index is 2.12. The van der Waals surface area contributed by atoms with Crippen molar-refractivity contribution < 1.29 is 14.6 Å². The first kappa shape index (κ1) is 15.6. The van der Waals surface area contributed by atoms with Gasteiger partial charge in [0.25, 0.3) is 0 Å². The molecule has 4 nitrogen and oxygen atoms in total. The number of hydrogen-bond acceptors (Lipinski definition) is 3. The second-order valence-electron chi connectivity index (χ2n) is 5.52. The van der Waals surface area contributed by atoms with Crippen LogP contribution in [0.4, 0.5) is 5.69 Å². The van der Waals surface area contributed by atoms with E-state index >= 15 is 0 Å². The number of fused-ring (bicyclic) bond motifs is 1. The molecule has 4 heteroatoms. The Morgan fingerprint density at radius 2 is 2.05 bits per heavy atom. The van der Waals surface area contributed by atoms with Gasteiger partial charge >= 0.3 is 5.97 Å². The van der Waals surface area contributed by atoms with Crippen molar-refractivity contribution in [3.63, 3.8) is 0 Å². The Kier molecular flexibility index (Phi) is 5.02. The maximum atomic E-state index is 11.5. The molecule has 0 fully saturated rings. The third-order valence-corrected chi connectivity index (χ3v) is 3.77. The molecule has 2 N–H and O–H groups in total. The van der Waals surface area contributed by atoms with Crippen molar-refractivity contribution in [1.82, 2.24) is 0 Å². The molecule has 1 aromatic carbocycles. The summed E-state index contributed by atoms with van der Waals surface area (Å²) in [6, 6.07) is 7.65. The topological polar surface area (TPSA) is 58.6 Å². The maximum Gasteiger partial charge on any atom is 0.336 e. The fourth-order valence-corrected chi connectivity index (χ4v) is 2.54. The molecule has 0 amide bonds. The van der Waals surface area contributed by atoms with Gasteiger partial charge in [-0.15, -0.1) is 0 Å². The molecule has 1 aromatic rings. The van der Waals surface area contributed by atoms with E-state index in [0.717, 1.165) is 24.1 Å². The minimum Gasteiger partial charge on any atom is -0.478 e. The minimum absolute atomic E-state index is 0.247. The van der Waals surface area contributed by atoms with Gasteiger partial charge in [-0.25, -0.2) is 4.79 Å². The van der Waals surface area contributed by atoms with Crippen molar-refractivity contribution in [2.24, 2.45) is 0 Å². The van der Waals surface area contributed by atoms with E-state index in [9.17, 15) is 9.90 Å². The summed E-state index contributed by atoms with van der Waals surface area (Å²) in [5, 5.41) is 12.7. The highest BCUT2D eigenvalue weighted by Gasteiger charge is 2.37. The molecular formula is C17H23NO3. The highest BCUT2D eigenvalue weighted by atomic mass is 16.5. The average Bonchev–Trinajstić information content (AvgIpc) is 2.46. The summed E-state index contributed by atoms with van der Waals surface area (Å²) in [7, 11) is 0. The van der Waals surface area contributed by atoms with Crippen molar-refractivity contribution in [3.05, 3.63) is 35.4 Å². The van der Waals surface area contributed by atoms with Gasteiger partial charge in [0, 0.05) is 12.3 Å². The molecule has 1 atom stereocenters. The van der Waals surface area contributed by atoms with Gasteiger partial charge in [0.15, 0.2) is 5.72 Å². The number of carboxylic acids is 1. The van der Waals surface area contributed by atoms with E-state index in [1.54, 1.807) is 13.0 Å². The number of carbonyl (C=O) groups is 1. The predicted molar refractivity (Wildman–Crippen MR) is 84.2 cm³/mol. The predicted octanol–water partition coefficient (Wildman–Crippen LogP) is 3.89. The molecule has 0 aliphatic carbocycles. The Hall–Kier alpha value is -1.81. The van der Waals surface area contributed by atoms with Crippen LogP contribution in [-0.4, -0.2) is 23.4 Å². The highest BCUT2D eigenvalue weighted by molar-refractivity contribution is 5.98. The summed E-state index contributed by atoms with van der Waals surface area (Å²) in [5.41, 5.74) is 1.05. The third-order valence-electron chi connectivity index (χ3n) is 3.77. The van der Waals surface area contributed by atoms with E-state index < -0.39 is 11.7 Å². The molecule has 0 aromatic heterocycles. The number of hydrogen-bond donors (Lipinski definition) is 2. The molecule has 1 unspecified atom stereocenters. The summed E-state index contributed by atoms with van der Waals surface area (Å²) in [4.78, 5) is 11.5. The van der Waals surface area contributed by atoms with Crippen molar-refractivity contribution in [2.75, 3.05) is 11.9 Å². The van der Waals surface area contributed by atoms with E-state index in [4.69, 9.17) is 4.74 Å². The van der Waals surface area contributed by atoms with E-state index in [0.29, 0.717) is 6.61 Å². The molecule has 0 spiro atoms. The molecule has 2 rings (SSSR count). The van der Waals surface area contributed by atoms with Gasteiger partial charge in [0.1, 0.15) is 0 Å². The number of carboxylic acid groups (broad SMARTS) is 1. The molecule has 0 radical (unpaired) electrons. The summed E-state index contributed by atoms with van der Waals surface area (Å²) in [6.07, 6.45) is 6.09. The first-order valence-corrected chi connectivity index (χ1v) is 7.53. The number of ether oxygens (including phenoxy) is 1. The number of para-hydroxylation sites is 1. The largest absolute Gasteiger partial charge is 0.478 e.